The molecule has 0 amide bonds. The van der Waals surface area contributed by atoms with Crippen molar-refractivity contribution >= 4 is 0 Å². The molecule has 0 bridgehead atoms. The number of rotatable bonds is 1. The Morgan fingerprint density at radius 2 is 2.55 bits per heavy atom. The Balaban J connectivity index is 2.15. The van der Waals surface area contributed by atoms with E-state index in [4.69, 9.17) is 4.52 Å². The third-order valence-electron chi connectivity index (χ3n) is 1.95. The fraction of sp³-hybridized carbons (Fsp3) is 0.714. The van der Waals surface area contributed by atoms with Crippen LogP contribution in [0.2, 0.25) is 0 Å². The van der Waals surface area contributed by atoms with E-state index in [0.29, 0.717) is 5.92 Å². The maximum Gasteiger partial charge on any atom is 0.231 e. The molecular formula is C7H11N3O. The van der Waals surface area contributed by atoms with E-state index in [1.807, 2.05) is 6.92 Å². The van der Waals surface area contributed by atoms with Gasteiger partial charge in [-0.3, -0.25) is 0 Å². The SMILES string of the molecule is Cc1noc(C2CCNC2)n1. The van der Waals surface area contributed by atoms with Gasteiger partial charge in [-0.1, -0.05) is 5.16 Å². The van der Waals surface area contributed by atoms with Crippen molar-refractivity contribution in [3.63, 3.8) is 0 Å². The molecule has 1 fully saturated rings. The number of nitrogens with one attached hydrogen (secondary N) is 1. The number of hydrogen-bond donors (Lipinski definition) is 1. The molecule has 1 atom stereocenters. The Morgan fingerprint density at radius 1 is 1.64 bits per heavy atom. The van der Waals surface area contributed by atoms with Gasteiger partial charge in [0.2, 0.25) is 5.89 Å². The van der Waals surface area contributed by atoms with Crippen LogP contribution in [0.25, 0.3) is 0 Å². The molecule has 0 radical (unpaired) electrons. The molecular weight excluding hydrogens is 142 g/mol. The average Bonchev–Trinajstić information content (AvgIpc) is 2.55. The summed E-state index contributed by atoms with van der Waals surface area (Å²) in [5, 5.41) is 7.00. The van der Waals surface area contributed by atoms with Gasteiger partial charge in [0.05, 0.1) is 5.92 Å². The molecule has 0 aliphatic carbocycles. The lowest BCUT2D eigenvalue weighted by Gasteiger charge is -1.97. The largest absolute Gasteiger partial charge is 0.339 e. The summed E-state index contributed by atoms with van der Waals surface area (Å²) in [6.45, 7) is 3.88. The van der Waals surface area contributed by atoms with Crippen LogP contribution >= 0.6 is 0 Å². The fourth-order valence-corrected chi connectivity index (χ4v) is 1.34. The third kappa shape index (κ3) is 1.26. The van der Waals surface area contributed by atoms with Gasteiger partial charge in [-0.05, 0) is 19.9 Å². The van der Waals surface area contributed by atoms with Gasteiger partial charge in [-0.15, -0.1) is 0 Å². The Labute approximate surface area is 65.0 Å². The van der Waals surface area contributed by atoms with Gasteiger partial charge < -0.3 is 9.84 Å². The zero-order valence-electron chi connectivity index (χ0n) is 6.50. The minimum absolute atomic E-state index is 0.441. The summed E-state index contributed by atoms with van der Waals surface area (Å²) in [5.41, 5.74) is 0. The highest BCUT2D eigenvalue weighted by Gasteiger charge is 2.21. The molecule has 1 aromatic rings. The molecule has 1 aliphatic rings. The first-order valence-corrected chi connectivity index (χ1v) is 3.87. The van der Waals surface area contributed by atoms with E-state index in [1.54, 1.807) is 0 Å². The van der Waals surface area contributed by atoms with Crippen molar-refractivity contribution in [1.82, 2.24) is 15.5 Å². The second-order valence-corrected chi connectivity index (χ2v) is 2.87. The number of aryl methyl sites for hydroxylation is 1. The van der Waals surface area contributed by atoms with Crippen LogP contribution in [0.15, 0.2) is 4.52 Å². The first kappa shape index (κ1) is 6.79. The standard InChI is InChI=1S/C7H11N3O/c1-5-9-7(11-10-5)6-2-3-8-4-6/h6,8H,2-4H2,1H3. The normalized spacial score (nSPS) is 24.3. The van der Waals surface area contributed by atoms with Gasteiger partial charge in [-0.2, -0.15) is 4.98 Å². The van der Waals surface area contributed by atoms with Crippen molar-refractivity contribution in [3.8, 4) is 0 Å². The lowest BCUT2D eigenvalue weighted by Crippen LogP contribution is -2.08. The monoisotopic (exact) mass is 153 g/mol. The van der Waals surface area contributed by atoms with E-state index in [2.05, 4.69) is 15.5 Å². The molecule has 1 N–H and O–H groups in total. The van der Waals surface area contributed by atoms with E-state index >= 15 is 0 Å². The Hall–Kier alpha value is -0.900. The highest BCUT2D eigenvalue weighted by molar-refractivity contribution is 4.96. The van der Waals surface area contributed by atoms with Crippen LogP contribution < -0.4 is 5.32 Å². The molecule has 1 aliphatic heterocycles. The summed E-state index contributed by atoms with van der Waals surface area (Å²) in [7, 11) is 0. The predicted octanol–water partition coefficient (Wildman–Crippen LogP) is 0.455. The topological polar surface area (TPSA) is 51.0 Å². The zero-order valence-corrected chi connectivity index (χ0v) is 6.50. The van der Waals surface area contributed by atoms with Crippen molar-refractivity contribution in [3.05, 3.63) is 11.7 Å². The van der Waals surface area contributed by atoms with Crippen molar-refractivity contribution in [1.29, 1.82) is 0 Å². The summed E-state index contributed by atoms with van der Waals surface area (Å²) in [6.07, 6.45) is 1.11. The average molecular weight is 153 g/mol. The second-order valence-electron chi connectivity index (χ2n) is 2.87. The van der Waals surface area contributed by atoms with E-state index < -0.39 is 0 Å². The van der Waals surface area contributed by atoms with Crippen LogP contribution in [-0.4, -0.2) is 23.2 Å². The Morgan fingerprint density at radius 3 is 3.09 bits per heavy atom. The van der Waals surface area contributed by atoms with E-state index in [0.717, 1.165) is 31.2 Å². The molecule has 4 heteroatoms. The summed E-state index contributed by atoms with van der Waals surface area (Å²) >= 11 is 0. The van der Waals surface area contributed by atoms with Crippen LogP contribution in [0.4, 0.5) is 0 Å². The maximum atomic E-state index is 5.05. The van der Waals surface area contributed by atoms with Gasteiger partial charge in [0, 0.05) is 6.54 Å². The fourth-order valence-electron chi connectivity index (χ4n) is 1.34. The molecule has 0 spiro atoms. The summed E-state index contributed by atoms with van der Waals surface area (Å²) in [6, 6.07) is 0. The zero-order chi connectivity index (χ0) is 7.68. The van der Waals surface area contributed by atoms with Gasteiger partial charge >= 0.3 is 0 Å². The maximum absolute atomic E-state index is 5.05. The van der Waals surface area contributed by atoms with Crippen LogP contribution in [0.1, 0.15) is 24.1 Å². The predicted molar refractivity (Wildman–Crippen MR) is 39.3 cm³/mol. The number of hydrogen-bond acceptors (Lipinski definition) is 4. The van der Waals surface area contributed by atoms with Crippen molar-refractivity contribution < 1.29 is 4.52 Å². The summed E-state index contributed by atoms with van der Waals surface area (Å²) in [5.74, 6) is 1.95. The first-order valence-electron chi connectivity index (χ1n) is 3.87. The molecule has 2 heterocycles. The summed E-state index contributed by atoms with van der Waals surface area (Å²) < 4.78 is 5.05. The smallest absolute Gasteiger partial charge is 0.231 e. The van der Waals surface area contributed by atoms with Gasteiger partial charge in [0.15, 0.2) is 5.82 Å². The molecule has 11 heavy (non-hydrogen) atoms. The first-order chi connectivity index (χ1) is 5.36. The highest BCUT2D eigenvalue weighted by atomic mass is 16.5. The van der Waals surface area contributed by atoms with Crippen LogP contribution in [0.5, 0.6) is 0 Å². The van der Waals surface area contributed by atoms with Crippen LogP contribution in [0.3, 0.4) is 0 Å². The molecule has 0 aromatic carbocycles. The lowest BCUT2D eigenvalue weighted by atomic mass is 10.1. The summed E-state index contributed by atoms with van der Waals surface area (Å²) in [4.78, 5) is 4.17. The van der Waals surface area contributed by atoms with E-state index in [9.17, 15) is 0 Å². The number of aromatic nitrogens is 2. The second kappa shape index (κ2) is 2.62. The van der Waals surface area contributed by atoms with Gasteiger partial charge in [0.25, 0.3) is 0 Å². The van der Waals surface area contributed by atoms with Crippen molar-refractivity contribution in [2.45, 2.75) is 19.3 Å². The molecule has 1 aromatic heterocycles. The van der Waals surface area contributed by atoms with E-state index in [1.165, 1.54) is 0 Å². The molecule has 2 rings (SSSR count). The van der Waals surface area contributed by atoms with Crippen LogP contribution in [0, 0.1) is 6.92 Å². The lowest BCUT2D eigenvalue weighted by molar-refractivity contribution is 0.356. The highest BCUT2D eigenvalue weighted by Crippen LogP contribution is 2.19. The molecule has 4 nitrogen and oxygen atoms in total. The van der Waals surface area contributed by atoms with Crippen molar-refractivity contribution in [2.24, 2.45) is 0 Å². The quantitative estimate of drug-likeness (QED) is 0.636. The Kier molecular flexibility index (Phi) is 1.62. The van der Waals surface area contributed by atoms with Gasteiger partial charge in [-0.25, -0.2) is 0 Å². The minimum atomic E-state index is 0.441. The van der Waals surface area contributed by atoms with Gasteiger partial charge in [0.1, 0.15) is 0 Å². The molecule has 1 saturated heterocycles. The Bertz CT molecular complexity index is 240. The molecule has 1 unspecified atom stereocenters. The van der Waals surface area contributed by atoms with E-state index in [-0.39, 0.29) is 0 Å². The third-order valence-corrected chi connectivity index (χ3v) is 1.95. The van der Waals surface area contributed by atoms with Crippen molar-refractivity contribution in [2.75, 3.05) is 13.1 Å². The van der Waals surface area contributed by atoms with Crippen LogP contribution in [-0.2, 0) is 0 Å². The minimum Gasteiger partial charge on any atom is -0.339 e. The molecule has 60 valence electrons. The molecule has 0 saturated carbocycles. The number of nitrogens with zero attached hydrogens (tertiary/aromatic N) is 2.